The Kier molecular flexibility index (Phi) is 3.47. The minimum atomic E-state index is -2.97. The van der Waals surface area contributed by atoms with Gasteiger partial charge in [-0.15, -0.1) is 0 Å². The van der Waals surface area contributed by atoms with E-state index in [0.717, 1.165) is 6.20 Å². The van der Waals surface area contributed by atoms with Crippen LogP contribution in [0.4, 0.5) is 13.2 Å². The van der Waals surface area contributed by atoms with Gasteiger partial charge in [0.1, 0.15) is 11.8 Å². The van der Waals surface area contributed by atoms with Gasteiger partial charge < -0.3 is 0 Å². The minimum Gasteiger partial charge on any atom is -0.251 e. The third kappa shape index (κ3) is 1.87. The van der Waals surface area contributed by atoms with Gasteiger partial charge in [0.05, 0.1) is 5.56 Å². The summed E-state index contributed by atoms with van der Waals surface area (Å²) in [5, 5.41) is 8.54. The topological polar surface area (TPSA) is 36.7 Å². The lowest BCUT2D eigenvalue weighted by molar-refractivity contribution is 0.140. The molecule has 0 N–H and O–H groups in total. The van der Waals surface area contributed by atoms with Crippen LogP contribution in [0.5, 0.6) is 0 Å². The molecule has 0 aliphatic heterocycles. The largest absolute Gasteiger partial charge is 0.283 e. The molecule has 0 unspecified atom stereocenters. The molecular weight excluding hydrogens is 261 g/mol. The zero-order valence-electron chi connectivity index (χ0n) is 6.77. The predicted molar refractivity (Wildman–Crippen MR) is 46.5 cm³/mol. The SMILES string of the molecule is N#Cc1cnc(C(F)F)c(F)c1CBr. The van der Waals surface area contributed by atoms with Crippen molar-refractivity contribution in [2.75, 3.05) is 0 Å². The van der Waals surface area contributed by atoms with Gasteiger partial charge in [0.2, 0.25) is 0 Å². The smallest absolute Gasteiger partial charge is 0.251 e. The maximum Gasteiger partial charge on any atom is 0.283 e. The van der Waals surface area contributed by atoms with Gasteiger partial charge in [-0.25, -0.2) is 13.2 Å². The Labute approximate surface area is 86.5 Å². The van der Waals surface area contributed by atoms with Gasteiger partial charge in [0.25, 0.3) is 6.43 Å². The average molecular weight is 265 g/mol. The van der Waals surface area contributed by atoms with Crippen molar-refractivity contribution in [2.45, 2.75) is 11.8 Å². The molecular formula is C8H4BrF3N2. The summed E-state index contributed by atoms with van der Waals surface area (Å²) < 4.78 is 37.6. The van der Waals surface area contributed by atoms with E-state index in [1.165, 1.54) is 0 Å². The third-order valence-electron chi connectivity index (χ3n) is 1.61. The zero-order valence-corrected chi connectivity index (χ0v) is 8.35. The first-order valence-electron chi connectivity index (χ1n) is 3.53. The lowest BCUT2D eigenvalue weighted by Crippen LogP contribution is -2.02. The summed E-state index contributed by atoms with van der Waals surface area (Å²) in [5.74, 6) is -1.11. The van der Waals surface area contributed by atoms with E-state index < -0.39 is 17.9 Å². The fraction of sp³-hybridized carbons (Fsp3) is 0.250. The van der Waals surface area contributed by atoms with Gasteiger partial charge in [-0.05, 0) is 0 Å². The van der Waals surface area contributed by atoms with Crippen molar-refractivity contribution in [2.24, 2.45) is 0 Å². The molecule has 0 aromatic carbocycles. The third-order valence-corrected chi connectivity index (χ3v) is 2.17. The Morgan fingerprint density at radius 1 is 1.57 bits per heavy atom. The van der Waals surface area contributed by atoms with E-state index >= 15 is 0 Å². The van der Waals surface area contributed by atoms with E-state index in [0.29, 0.717) is 0 Å². The molecule has 0 spiro atoms. The minimum absolute atomic E-state index is 0.00394. The molecule has 0 amide bonds. The van der Waals surface area contributed by atoms with E-state index in [1.807, 2.05) is 0 Å². The quantitative estimate of drug-likeness (QED) is 0.771. The summed E-state index contributed by atoms with van der Waals surface area (Å²) in [5.41, 5.74) is -1.04. The first-order chi connectivity index (χ1) is 6.61. The monoisotopic (exact) mass is 264 g/mol. The lowest BCUT2D eigenvalue weighted by atomic mass is 10.1. The summed E-state index contributed by atoms with van der Waals surface area (Å²) in [4.78, 5) is 3.19. The number of alkyl halides is 3. The highest BCUT2D eigenvalue weighted by molar-refractivity contribution is 9.08. The van der Waals surface area contributed by atoms with Gasteiger partial charge >= 0.3 is 0 Å². The molecule has 2 nitrogen and oxygen atoms in total. The second kappa shape index (κ2) is 4.42. The number of pyridine rings is 1. The average Bonchev–Trinajstić information content (AvgIpc) is 2.16. The molecule has 1 aromatic heterocycles. The van der Waals surface area contributed by atoms with Crippen molar-refractivity contribution in [3.05, 3.63) is 28.8 Å². The molecule has 0 bridgehead atoms. The van der Waals surface area contributed by atoms with Crippen LogP contribution in [-0.2, 0) is 5.33 Å². The number of aromatic nitrogens is 1. The van der Waals surface area contributed by atoms with Crippen LogP contribution in [0, 0.1) is 17.1 Å². The second-order valence-corrected chi connectivity index (χ2v) is 2.96. The molecule has 1 rings (SSSR count). The summed E-state index contributed by atoms with van der Waals surface area (Å²) in [7, 11) is 0. The van der Waals surface area contributed by atoms with Gasteiger partial charge in [-0.1, -0.05) is 15.9 Å². The van der Waals surface area contributed by atoms with Gasteiger partial charge in [-0.3, -0.25) is 4.98 Å². The first-order valence-corrected chi connectivity index (χ1v) is 4.65. The van der Waals surface area contributed by atoms with Crippen molar-refractivity contribution in [1.82, 2.24) is 4.98 Å². The van der Waals surface area contributed by atoms with Gasteiger partial charge in [0.15, 0.2) is 5.82 Å². The molecule has 0 aliphatic rings. The molecule has 74 valence electrons. The highest BCUT2D eigenvalue weighted by Gasteiger charge is 2.20. The van der Waals surface area contributed by atoms with Crippen LogP contribution in [-0.4, -0.2) is 4.98 Å². The van der Waals surface area contributed by atoms with E-state index in [-0.39, 0.29) is 16.5 Å². The summed E-state index contributed by atoms with van der Waals surface area (Å²) in [6.07, 6.45) is -2.03. The molecule has 0 atom stereocenters. The fourth-order valence-corrected chi connectivity index (χ4v) is 1.47. The Morgan fingerprint density at radius 2 is 2.21 bits per heavy atom. The molecule has 0 radical (unpaired) electrons. The van der Waals surface area contributed by atoms with E-state index in [2.05, 4.69) is 20.9 Å². The van der Waals surface area contributed by atoms with Crippen molar-refractivity contribution in [3.8, 4) is 6.07 Å². The molecule has 6 heteroatoms. The van der Waals surface area contributed by atoms with Crippen molar-refractivity contribution in [1.29, 1.82) is 5.26 Å². The molecule has 14 heavy (non-hydrogen) atoms. The molecule has 0 aliphatic carbocycles. The molecule has 0 saturated heterocycles. The summed E-state index contributed by atoms with van der Waals surface area (Å²) in [6.45, 7) is 0. The Balaban J connectivity index is 3.37. The Bertz CT molecular complexity index is 387. The normalized spacial score (nSPS) is 10.3. The Hall–Kier alpha value is -1.09. The van der Waals surface area contributed by atoms with E-state index in [4.69, 9.17) is 5.26 Å². The molecule has 1 heterocycles. The molecule has 0 saturated carbocycles. The maximum atomic E-state index is 13.2. The highest BCUT2D eigenvalue weighted by Crippen LogP contribution is 2.25. The standard InChI is InChI=1S/C8H4BrF3N2/c9-1-5-4(2-13)3-14-7(6(5)10)8(11)12/h3,8H,1H2. The van der Waals surface area contributed by atoms with Gasteiger partial charge in [-0.2, -0.15) is 5.26 Å². The lowest BCUT2D eigenvalue weighted by Gasteiger charge is -2.05. The molecule has 1 aromatic rings. The van der Waals surface area contributed by atoms with Crippen LogP contribution in [0.2, 0.25) is 0 Å². The number of hydrogen-bond donors (Lipinski definition) is 0. The Morgan fingerprint density at radius 3 is 2.64 bits per heavy atom. The fourth-order valence-electron chi connectivity index (χ4n) is 0.921. The van der Waals surface area contributed by atoms with E-state index in [9.17, 15) is 13.2 Å². The van der Waals surface area contributed by atoms with Crippen molar-refractivity contribution in [3.63, 3.8) is 0 Å². The number of rotatable bonds is 2. The maximum absolute atomic E-state index is 13.2. The number of nitriles is 1. The van der Waals surface area contributed by atoms with Crippen LogP contribution in [0.1, 0.15) is 23.2 Å². The second-order valence-electron chi connectivity index (χ2n) is 2.40. The number of hydrogen-bond acceptors (Lipinski definition) is 2. The van der Waals surface area contributed by atoms with Crippen LogP contribution < -0.4 is 0 Å². The van der Waals surface area contributed by atoms with Crippen molar-refractivity contribution >= 4 is 15.9 Å². The van der Waals surface area contributed by atoms with E-state index in [1.54, 1.807) is 6.07 Å². The van der Waals surface area contributed by atoms with Crippen LogP contribution in [0.3, 0.4) is 0 Å². The predicted octanol–water partition coefficient (Wildman–Crippen LogP) is 2.92. The number of nitrogens with zero attached hydrogens (tertiary/aromatic N) is 2. The molecule has 0 fully saturated rings. The first kappa shape index (κ1) is 11.0. The number of halogens is 4. The summed E-state index contributed by atoms with van der Waals surface area (Å²) in [6, 6.07) is 1.68. The zero-order chi connectivity index (χ0) is 10.7. The van der Waals surface area contributed by atoms with Crippen molar-refractivity contribution < 1.29 is 13.2 Å². The van der Waals surface area contributed by atoms with Crippen LogP contribution >= 0.6 is 15.9 Å². The van der Waals surface area contributed by atoms with Crippen LogP contribution in [0.15, 0.2) is 6.20 Å². The van der Waals surface area contributed by atoms with Crippen LogP contribution in [0.25, 0.3) is 0 Å². The summed E-state index contributed by atoms with van der Waals surface area (Å²) >= 11 is 2.92. The van der Waals surface area contributed by atoms with Gasteiger partial charge in [0, 0.05) is 17.1 Å². The highest BCUT2D eigenvalue weighted by atomic mass is 79.9.